The summed E-state index contributed by atoms with van der Waals surface area (Å²) in [7, 11) is 1.21. The van der Waals surface area contributed by atoms with Crippen LogP contribution in [-0.2, 0) is 0 Å². The number of benzene rings is 1. The number of methoxy groups -OCH3 is 1. The maximum atomic E-state index is 13.8. The van der Waals surface area contributed by atoms with Crippen LogP contribution in [0, 0.1) is 11.6 Å². The van der Waals surface area contributed by atoms with Crippen LogP contribution in [-0.4, -0.2) is 28.2 Å². The van der Waals surface area contributed by atoms with Crippen molar-refractivity contribution in [1.29, 1.82) is 0 Å². The van der Waals surface area contributed by atoms with Gasteiger partial charge in [0.2, 0.25) is 0 Å². The van der Waals surface area contributed by atoms with E-state index in [-0.39, 0.29) is 22.7 Å². The molecule has 0 aliphatic heterocycles. The molecule has 0 aliphatic carbocycles. The van der Waals surface area contributed by atoms with Crippen LogP contribution in [0.1, 0.15) is 10.5 Å². The molecule has 19 heavy (non-hydrogen) atoms. The molecule has 98 valence electrons. The van der Waals surface area contributed by atoms with Crippen molar-refractivity contribution < 1.29 is 23.4 Å². The van der Waals surface area contributed by atoms with E-state index < -0.39 is 17.6 Å². The lowest BCUT2D eigenvalue weighted by molar-refractivity contribution is 0.0690. The average molecular weight is 266 g/mol. The third-order valence-corrected chi connectivity index (χ3v) is 2.40. The quantitative estimate of drug-likeness (QED) is 0.921. The topological polar surface area (TPSA) is 72.3 Å². The average Bonchev–Trinajstić information content (AvgIpc) is 2.41. The highest BCUT2D eigenvalue weighted by atomic mass is 19.1. The molecule has 1 aromatic carbocycles. The largest absolute Gasteiger partial charge is 0.494 e. The van der Waals surface area contributed by atoms with Gasteiger partial charge in [0.1, 0.15) is 12.1 Å². The first-order chi connectivity index (χ1) is 9.02. The van der Waals surface area contributed by atoms with Crippen molar-refractivity contribution in [2.45, 2.75) is 0 Å². The fraction of sp³-hybridized carbons (Fsp3) is 0.0833. The molecule has 1 heterocycles. The lowest BCUT2D eigenvalue weighted by Crippen LogP contribution is -2.02. The molecule has 2 rings (SSSR count). The Balaban J connectivity index is 2.56. The zero-order chi connectivity index (χ0) is 14.0. The van der Waals surface area contributed by atoms with E-state index in [9.17, 15) is 13.6 Å². The SMILES string of the molecule is COc1cc(F)c(-c2cc(C(=O)O)ncn2)cc1F. The van der Waals surface area contributed by atoms with Crippen molar-refractivity contribution in [3.05, 3.63) is 41.9 Å². The Morgan fingerprint density at radius 2 is 1.95 bits per heavy atom. The summed E-state index contributed by atoms with van der Waals surface area (Å²) in [6, 6.07) is 2.82. The Morgan fingerprint density at radius 3 is 2.58 bits per heavy atom. The Labute approximate surface area is 106 Å². The summed E-state index contributed by atoms with van der Waals surface area (Å²) in [5.41, 5.74) is -0.490. The molecule has 0 atom stereocenters. The highest BCUT2D eigenvalue weighted by Gasteiger charge is 2.15. The van der Waals surface area contributed by atoms with Gasteiger partial charge in [0, 0.05) is 11.6 Å². The van der Waals surface area contributed by atoms with E-state index in [0.29, 0.717) is 0 Å². The van der Waals surface area contributed by atoms with Gasteiger partial charge in [-0.1, -0.05) is 0 Å². The van der Waals surface area contributed by atoms with Gasteiger partial charge in [-0.2, -0.15) is 0 Å². The molecule has 0 fully saturated rings. The maximum Gasteiger partial charge on any atom is 0.354 e. The van der Waals surface area contributed by atoms with Crippen LogP contribution < -0.4 is 4.74 Å². The van der Waals surface area contributed by atoms with Gasteiger partial charge in [-0.25, -0.2) is 23.5 Å². The van der Waals surface area contributed by atoms with Gasteiger partial charge < -0.3 is 9.84 Å². The van der Waals surface area contributed by atoms with Gasteiger partial charge in [-0.3, -0.25) is 0 Å². The summed E-state index contributed by atoms with van der Waals surface area (Å²) < 4.78 is 31.9. The van der Waals surface area contributed by atoms with Gasteiger partial charge in [0.05, 0.1) is 12.8 Å². The van der Waals surface area contributed by atoms with Crippen LogP contribution in [0.2, 0.25) is 0 Å². The maximum absolute atomic E-state index is 13.8. The Bertz CT molecular complexity index is 647. The van der Waals surface area contributed by atoms with E-state index in [1.807, 2.05) is 0 Å². The Hall–Kier alpha value is -2.57. The predicted molar refractivity (Wildman–Crippen MR) is 60.9 cm³/mol. The molecule has 2 aromatic rings. The number of ether oxygens (including phenoxy) is 1. The number of carboxylic acids is 1. The molecule has 0 saturated heterocycles. The number of hydrogen-bond donors (Lipinski definition) is 1. The number of aromatic carboxylic acids is 1. The van der Waals surface area contributed by atoms with Crippen molar-refractivity contribution in [1.82, 2.24) is 9.97 Å². The second-order valence-corrected chi connectivity index (χ2v) is 3.56. The molecule has 5 nitrogen and oxygen atoms in total. The minimum atomic E-state index is -1.28. The van der Waals surface area contributed by atoms with E-state index in [0.717, 1.165) is 24.5 Å². The second kappa shape index (κ2) is 4.97. The lowest BCUT2D eigenvalue weighted by Gasteiger charge is -2.07. The number of carbonyl (C=O) groups is 1. The molecule has 0 unspecified atom stereocenters. The van der Waals surface area contributed by atoms with Crippen LogP contribution in [0.3, 0.4) is 0 Å². The summed E-state index contributed by atoms with van der Waals surface area (Å²) >= 11 is 0. The van der Waals surface area contributed by atoms with E-state index in [1.54, 1.807) is 0 Å². The molecule has 0 saturated carbocycles. The van der Waals surface area contributed by atoms with Crippen LogP contribution in [0.15, 0.2) is 24.5 Å². The van der Waals surface area contributed by atoms with Gasteiger partial charge in [-0.05, 0) is 12.1 Å². The van der Waals surface area contributed by atoms with Crippen LogP contribution in [0.4, 0.5) is 8.78 Å². The molecule has 0 bridgehead atoms. The van der Waals surface area contributed by atoms with Gasteiger partial charge in [0.15, 0.2) is 17.3 Å². The first-order valence-electron chi connectivity index (χ1n) is 5.11. The first-order valence-corrected chi connectivity index (χ1v) is 5.11. The number of carboxylic acid groups (broad SMARTS) is 1. The van der Waals surface area contributed by atoms with E-state index >= 15 is 0 Å². The molecule has 0 radical (unpaired) electrons. The van der Waals surface area contributed by atoms with Gasteiger partial charge >= 0.3 is 5.97 Å². The molecule has 0 spiro atoms. The minimum absolute atomic E-state index is 0.0218. The fourth-order valence-electron chi connectivity index (χ4n) is 1.50. The third-order valence-electron chi connectivity index (χ3n) is 2.40. The fourth-order valence-corrected chi connectivity index (χ4v) is 1.50. The predicted octanol–water partition coefficient (Wildman–Crippen LogP) is 2.13. The standard InChI is InChI=1S/C12H8F2N2O3/c1-19-11-3-7(13)6(2-8(11)14)9-4-10(12(17)18)16-5-15-9/h2-5H,1H3,(H,17,18). The second-order valence-electron chi connectivity index (χ2n) is 3.56. The van der Waals surface area contributed by atoms with E-state index in [1.165, 1.54) is 7.11 Å². The highest BCUT2D eigenvalue weighted by molar-refractivity contribution is 5.86. The van der Waals surface area contributed by atoms with Crippen LogP contribution in [0.25, 0.3) is 11.3 Å². The van der Waals surface area contributed by atoms with Crippen LogP contribution >= 0.6 is 0 Å². The zero-order valence-electron chi connectivity index (χ0n) is 9.72. The third kappa shape index (κ3) is 2.49. The monoisotopic (exact) mass is 266 g/mol. The van der Waals surface area contributed by atoms with Gasteiger partial charge in [-0.15, -0.1) is 0 Å². The number of halogens is 2. The van der Waals surface area contributed by atoms with E-state index in [2.05, 4.69) is 14.7 Å². The van der Waals surface area contributed by atoms with Crippen molar-refractivity contribution in [3.63, 3.8) is 0 Å². The lowest BCUT2D eigenvalue weighted by atomic mass is 10.1. The number of hydrogen-bond acceptors (Lipinski definition) is 4. The summed E-state index contributed by atoms with van der Waals surface area (Å²) in [5, 5.41) is 8.78. The van der Waals surface area contributed by atoms with Crippen molar-refractivity contribution >= 4 is 5.97 Å². The summed E-state index contributed by atoms with van der Waals surface area (Å²) in [6.07, 6.45) is 0.973. The molecule has 1 aromatic heterocycles. The van der Waals surface area contributed by atoms with Crippen molar-refractivity contribution in [2.24, 2.45) is 0 Å². The van der Waals surface area contributed by atoms with Crippen LogP contribution in [0.5, 0.6) is 5.75 Å². The van der Waals surface area contributed by atoms with Crippen molar-refractivity contribution in [2.75, 3.05) is 7.11 Å². The molecule has 1 N–H and O–H groups in total. The summed E-state index contributed by atoms with van der Waals surface area (Å²) in [6.45, 7) is 0. The normalized spacial score (nSPS) is 10.3. The molecule has 0 amide bonds. The number of aromatic nitrogens is 2. The van der Waals surface area contributed by atoms with E-state index in [4.69, 9.17) is 5.11 Å². The molecule has 7 heteroatoms. The summed E-state index contributed by atoms with van der Waals surface area (Å²) in [5.74, 6) is -3.06. The molecule has 0 aliphatic rings. The first kappa shape index (κ1) is 12.9. The number of nitrogens with zero attached hydrogens (tertiary/aromatic N) is 2. The molecular formula is C12H8F2N2O3. The summed E-state index contributed by atoms with van der Waals surface area (Å²) in [4.78, 5) is 18.0. The zero-order valence-corrected chi connectivity index (χ0v) is 9.72. The number of rotatable bonds is 3. The van der Waals surface area contributed by atoms with Gasteiger partial charge in [0.25, 0.3) is 0 Å². The van der Waals surface area contributed by atoms with Crippen molar-refractivity contribution in [3.8, 4) is 17.0 Å². The molecular weight excluding hydrogens is 258 g/mol. The minimum Gasteiger partial charge on any atom is -0.494 e. The smallest absolute Gasteiger partial charge is 0.354 e. The Morgan fingerprint density at radius 1 is 1.21 bits per heavy atom. The highest BCUT2D eigenvalue weighted by Crippen LogP contribution is 2.27. The Kier molecular flexibility index (Phi) is 3.37.